The fraction of sp³-hybridized carbons (Fsp3) is 0.0278. The van der Waals surface area contributed by atoms with E-state index >= 15 is 0 Å². The van der Waals surface area contributed by atoms with Crippen molar-refractivity contribution in [2.24, 2.45) is 0 Å². The molecule has 0 fully saturated rings. The molecular formula is C72H51N. The first-order valence-corrected chi connectivity index (χ1v) is 25.3. The van der Waals surface area contributed by atoms with Crippen LogP contribution in [0.25, 0.3) is 77.5 Å². The first-order valence-electron chi connectivity index (χ1n) is 25.3. The average molecular weight is 930 g/mol. The number of fused-ring (bicyclic) bond motifs is 4. The Balaban J connectivity index is 0.898. The fourth-order valence-corrected chi connectivity index (χ4v) is 11.5. The number of benzene rings is 12. The summed E-state index contributed by atoms with van der Waals surface area (Å²) in [5.41, 5.74) is 23.6. The van der Waals surface area contributed by atoms with E-state index in [0.717, 1.165) is 22.6 Å². The molecule has 0 radical (unpaired) electrons. The van der Waals surface area contributed by atoms with Crippen LogP contribution in [0.4, 0.5) is 17.1 Å². The molecule has 0 heterocycles. The van der Waals surface area contributed by atoms with E-state index in [0.29, 0.717) is 0 Å². The van der Waals surface area contributed by atoms with E-state index in [-0.39, 0.29) is 0 Å². The van der Waals surface area contributed by atoms with Gasteiger partial charge in [-0.15, -0.1) is 0 Å². The van der Waals surface area contributed by atoms with E-state index in [1.165, 1.54) is 99.8 Å². The highest BCUT2D eigenvalue weighted by atomic mass is 15.1. The Hall–Kier alpha value is -9.30. The smallest absolute Gasteiger partial charge is 0.0714 e. The molecule has 0 aliphatic heterocycles. The molecule has 0 atom stereocenters. The summed E-state index contributed by atoms with van der Waals surface area (Å²) >= 11 is 0. The molecule has 0 bridgehead atoms. The Morgan fingerprint density at radius 2 is 0.699 bits per heavy atom. The van der Waals surface area contributed by atoms with Gasteiger partial charge >= 0.3 is 0 Å². The van der Waals surface area contributed by atoms with Gasteiger partial charge in [0.15, 0.2) is 0 Å². The molecule has 0 amide bonds. The largest absolute Gasteiger partial charge is 0.310 e. The minimum atomic E-state index is -0.523. The third-order valence-corrected chi connectivity index (χ3v) is 15.1. The molecule has 1 aliphatic carbocycles. The molecule has 1 nitrogen and oxygen atoms in total. The number of aryl methyl sites for hydroxylation is 1. The molecular weight excluding hydrogens is 879 g/mol. The molecule has 13 rings (SSSR count). The molecule has 0 spiro atoms. The molecule has 0 N–H and O–H groups in total. The predicted octanol–water partition coefficient (Wildman–Crippen LogP) is 19.3. The summed E-state index contributed by atoms with van der Waals surface area (Å²) in [6, 6.07) is 107. The summed E-state index contributed by atoms with van der Waals surface area (Å²) in [4.78, 5) is 2.43. The summed E-state index contributed by atoms with van der Waals surface area (Å²) in [6.45, 7) is 2.20. The number of hydrogen-bond donors (Lipinski definition) is 0. The molecule has 1 heteroatoms. The lowest BCUT2D eigenvalue weighted by Gasteiger charge is -2.35. The van der Waals surface area contributed by atoms with Crippen LogP contribution in [0, 0.1) is 6.92 Å². The summed E-state index contributed by atoms with van der Waals surface area (Å²) < 4.78 is 0. The van der Waals surface area contributed by atoms with E-state index in [4.69, 9.17) is 0 Å². The highest BCUT2D eigenvalue weighted by molar-refractivity contribution is 5.91. The second-order valence-corrected chi connectivity index (χ2v) is 19.3. The fourth-order valence-electron chi connectivity index (χ4n) is 11.5. The lowest BCUT2D eigenvalue weighted by atomic mass is 9.67. The SMILES string of the molecule is Cc1ccc(-c2ccc(-c3ccc(N(c4cccc(-c5ccc(-c6ccccc6)cc5)c4)c4ccc5c(c4)C(c4ccccc4)(c4ccccc4)c4ccccc4-5)cc3)cc2)cc1-c1ccc2ccccc2c1. The van der Waals surface area contributed by atoms with Crippen molar-refractivity contribution in [1.82, 2.24) is 0 Å². The normalized spacial score (nSPS) is 12.3. The summed E-state index contributed by atoms with van der Waals surface area (Å²) in [5, 5.41) is 2.52. The van der Waals surface area contributed by atoms with Crippen molar-refractivity contribution in [3.8, 4) is 66.8 Å². The van der Waals surface area contributed by atoms with Crippen LogP contribution in [0.5, 0.6) is 0 Å². The number of rotatable bonds is 10. The third kappa shape index (κ3) is 7.84. The number of anilines is 3. The van der Waals surface area contributed by atoms with E-state index < -0.39 is 5.41 Å². The topological polar surface area (TPSA) is 3.24 Å². The van der Waals surface area contributed by atoms with Crippen molar-refractivity contribution in [3.63, 3.8) is 0 Å². The lowest BCUT2D eigenvalue weighted by Crippen LogP contribution is -2.28. The number of nitrogens with zero attached hydrogens (tertiary/aromatic N) is 1. The Kier molecular flexibility index (Phi) is 11.1. The van der Waals surface area contributed by atoms with Crippen LogP contribution in [0.15, 0.2) is 291 Å². The zero-order chi connectivity index (χ0) is 48.7. The van der Waals surface area contributed by atoms with Gasteiger partial charge in [-0.3, -0.25) is 0 Å². The highest BCUT2D eigenvalue weighted by Gasteiger charge is 2.46. The van der Waals surface area contributed by atoms with Gasteiger partial charge in [0.1, 0.15) is 0 Å². The van der Waals surface area contributed by atoms with E-state index in [9.17, 15) is 0 Å². The van der Waals surface area contributed by atoms with Crippen molar-refractivity contribution in [1.29, 1.82) is 0 Å². The van der Waals surface area contributed by atoms with Crippen molar-refractivity contribution >= 4 is 27.8 Å². The Morgan fingerprint density at radius 3 is 1.36 bits per heavy atom. The van der Waals surface area contributed by atoms with Crippen LogP contribution < -0.4 is 4.90 Å². The second kappa shape index (κ2) is 18.5. The monoisotopic (exact) mass is 929 g/mol. The number of hydrogen-bond acceptors (Lipinski definition) is 1. The van der Waals surface area contributed by atoms with Gasteiger partial charge in [-0.2, -0.15) is 0 Å². The quantitative estimate of drug-likeness (QED) is 0.132. The van der Waals surface area contributed by atoms with Crippen LogP contribution in [-0.4, -0.2) is 0 Å². The summed E-state index contributed by atoms with van der Waals surface area (Å²) in [5.74, 6) is 0. The first kappa shape index (κ1) is 43.7. The summed E-state index contributed by atoms with van der Waals surface area (Å²) in [6.07, 6.45) is 0. The Labute approximate surface area is 428 Å². The highest BCUT2D eigenvalue weighted by Crippen LogP contribution is 2.57. The van der Waals surface area contributed by atoms with Gasteiger partial charge in [0.2, 0.25) is 0 Å². The van der Waals surface area contributed by atoms with Gasteiger partial charge in [0.25, 0.3) is 0 Å². The van der Waals surface area contributed by atoms with Gasteiger partial charge in [0.05, 0.1) is 5.41 Å². The van der Waals surface area contributed by atoms with Crippen molar-refractivity contribution in [2.75, 3.05) is 4.90 Å². The van der Waals surface area contributed by atoms with Gasteiger partial charge in [-0.25, -0.2) is 0 Å². The molecule has 0 saturated carbocycles. The Bertz CT molecular complexity index is 3890. The second-order valence-electron chi connectivity index (χ2n) is 19.3. The zero-order valence-electron chi connectivity index (χ0n) is 40.7. The van der Waals surface area contributed by atoms with Crippen LogP contribution in [0.2, 0.25) is 0 Å². The molecule has 0 aromatic heterocycles. The van der Waals surface area contributed by atoms with Gasteiger partial charge in [-0.05, 0) is 161 Å². The van der Waals surface area contributed by atoms with Crippen LogP contribution in [-0.2, 0) is 5.41 Å². The van der Waals surface area contributed by atoms with E-state index in [2.05, 4.69) is 303 Å². The van der Waals surface area contributed by atoms with Gasteiger partial charge in [-0.1, -0.05) is 243 Å². The average Bonchev–Trinajstić information content (AvgIpc) is 3.76. The predicted molar refractivity (Wildman–Crippen MR) is 308 cm³/mol. The van der Waals surface area contributed by atoms with E-state index in [1.54, 1.807) is 0 Å². The maximum absolute atomic E-state index is 2.46. The lowest BCUT2D eigenvalue weighted by molar-refractivity contribution is 0.768. The molecule has 344 valence electrons. The Morgan fingerprint density at radius 1 is 0.247 bits per heavy atom. The molecule has 1 aliphatic rings. The molecule has 0 unspecified atom stereocenters. The van der Waals surface area contributed by atoms with Gasteiger partial charge < -0.3 is 4.90 Å². The van der Waals surface area contributed by atoms with Gasteiger partial charge in [0, 0.05) is 17.1 Å². The van der Waals surface area contributed by atoms with Crippen LogP contribution in [0.1, 0.15) is 27.8 Å². The van der Waals surface area contributed by atoms with E-state index in [1.807, 2.05) is 0 Å². The first-order chi connectivity index (χ1) is 36.1. The maximum Gasteiger partial charge on any atom is 0.0714 e. The third-order valence-electron chi connectivity index (χ3n) is 15.1. The standard InChI is InChI=1S/C72H51N/c1-50-28-29-60(48-69(50)61-39-38-52-18-11-12-19-58(52)46-61)57-36-32-54(33-37-57)55-40-42-64(43-41-55)73(65-25-15-20-59(47-65)56-34-30-53(31-35-56)51-16-5-2-6-17-51)66-44-45-68-67-26-13-14-27-70(67)72(71(68)49-66,62-21-7-3-8-22-62)63-23-9-4-10-24-63/h2-49H,1H3. The van der Waals surface area contributed by atoms with Crippen molar-refractivity contribution in [2.45, 2.75) is 12.3 Å². The maximum atomic E-state index is 2.46. The minimum Gasteiger partial charge on any atom is -0.310 e. The van der Waals surface area contributed by atoms with Crippen LogP contribution in [0.3, 0.4) is 0 Å². The molecule has 0 saturated heterocycles. The van der Waals surface area contributed by atoms with Crippen LogP contribution >= 0.6 is 0 Å². The van der Waals surface area contributed by atoms with Crippen molar-refractivity contribution in [3.05, 3.63) is 319 Å². The molecule has 73 heavy (non-hydrogen) atoms. The minimum absolute atomic E-state index is 0.523. The molecule has 12 aromatic rings. The van der Waals surface area contributed by atoms with Crippen molar-refractivity contribution < 1.29 is 0 Å². The molecule has 12 aromatic carbocycles. The zero-order valence-corrected chi connectivity index (χ0v) is 40.7. The summed E-state index contributed by atoms with van der Waals surface area (Å²) in [7, 11) is 0.